The van der Waals surface area contributed by atoms with E-state index in [4.69, 9.17) is 5.73 Å². The summed E-state index contributed by atoms with van der Waals surface area (Å²) in [6, 6.07) is 6.84. The Balaban J connectivity index is 0.00000182. The molecule has 3 rings (SSSR count). The lowest BCUT2D eigenvalue weighted by Crippen LogP contribution is -2.49. The molecule has 0 spiro atoms. The maximum atomic E-state index is 13.2. The van der Waals surface area contributed by atoms with Crippen LogP contribution in [0.1, 0.15) is 43.7 Å². The fourth-order valence-corrected chi connectivity index (χ4v) is 4.63. The van der Waals surface area contributed by atoms with E-state index >= 15 is 0 Å². The van der Waals surface area contributed by atoms with Gasteiger partial charge in [-0.1, -0.05) is 18.6 Å². The summed E-state index contributed by atoms with van der Waals surface area (Å²) >= 11 is 0. The highest BCUT2D eigenvalue weighted by Crippen LogP contribution is 2.41. The monoisotopic (exact) mass is 419 g/mol. The number of likely N-dealkylation sites (N-methyl/N-ethyl adjacent to an activating group) is 1. The molecule has 2 aliphatic carbocycles. The van der Waals surface area contributed by atoms with Gasteiger partial charge >= 0.3 is 0 Å². The molecule has 1 aromatic rings. The predicted molar refractivity (Wildman–Crippen MR) is 112 cm³/mol. The zero-order valence-electron chi connectivity index (χ0n) is 16.1. The molecule has 4 nitrogen and oxygen atoms in total. The van der Waals surface area contributed by atoms with E-state index in [9.17, 15) is 9.18 Å². The van der Waals surface area contributed by atoms with Crippen molar-refractivity contribution in [2.24, 2.45) is 23.5 Å². The molecule has 7 heteroatoms. The van der Waals surface area contributed by atoms with E-state index < -0.39 is 0 Å². The normalized spacial score (nSPS) is 27.9. The van der Waals surface area contributed by atoms with Crippen LogP contribution in [0.5, 0.6) is 0 Å². The van der Waals surface area contributed by atoms with Crippen LogP contribution in [0.15, 0.2) is 24.3 Å². The fraction of sp³-hybridized carbons (Fsp3) is 0.650. The standard InChI is InChI=1S/C20H30FN3O.2ClH/c1-24(2)18(13-6-8-17(21)9-7-13)12-23-20(25)16-10-14-4-3-5-15(11-16)19(14)22;;/h6-9,14-16,18-19H,3-5,10-12,22H2,1-2H3,(H,23,25);2*1H. The summed E-state index contributed by atoms with van der Waals surface area (Å²) in [5, 5.41) is 3.14. The van der Waals surface area contributed by atoms with Gasteiger partial charge in [0.25, 0.3) is 0 Å². The molecule has 2 saturated carbocycles. The third-order valence-corrected chi connectivity index (χ3v) is 6.13. The Morgan fingerprint density at radius 2 is 1.74 bits per heavy atom. The van der Waals surface area contributed by atoms with Crippen molar-refractivity contribution in [1.29, 1.82) is 0 Å². The van der Waals surface area contributed by atoms with Crippen LogP contribution in [0.3, 0.4) is 0 Å². The van der Waals surface area contributed by atoms with E-state index in [-0.39, 0.29) is 54.5 Å². The van der Waals surface area contributed by atoms with Crippen molar-refractivity contribution in [3.8, 4) is 0 Å². The van der Waals surface area contributed by atoms with Gasteiger partial charge in [-0.2, -0.15) is 0 Å². The molecule has 3 unspecified atom stereocenters. The molecule has 1 amide bonds. The van der Waals surface area contributed by atoms with Gasteiger partial charge in [-0.05, 0) is 69.3 Å². The molecule has 2 fully saturated rings. The quantitative estimate of drug-likeness (QED) is 0.766. The second-order valence-corrected chi connectivity index (χ2v) is 7.97. The smallest absolute Gasteiger partial charge is 0.223 e. The lowest BCUT2D eigenvalue weighted by molar-refractivity contribution is -0.128. The van der Waals surface area contributed by atoms with Gasteiger partial charge < -0.3 is 16.0 Å². The van der Waals surface area contributed by atoms with Crippen molar-refractivity contribution >= 4 is 30.7 Å². The van der Waals surface area contributed by atoms with Crippen LogP contribution < -0.4 is 11.1 Å². The Morgan fingerprint density at radius 1 is 1.19 bits per heavy atom. The maximum Gasteiger partial charge on any atom is 0.223 e. The molecule has 0 aliphatic heterocycles. The van der Waals surface area contributed by atoms with Gasteiger partial charge in [0.05, 0.1) is 6.04 Å². The first-order valence-corrected chi connectivity index (χ1v) is 9.41. The lowest BCUT2D eigenvalue weighted by Gasteiger charge is -2.43. The molecule has 0 radical (unpaired) electrons. The Labute approximate surface area is 174 Å². The number of nitrogens with two attached hydrogens (primary N) is 1. The topological polar surface area (TPSA) is 58.4 Å². The summed E-state index contributed by atoms with van der Waals surface area (Å²) in [4.78, 5) is 14.8. The molecule has 0 heterocycles. The zero-order chi connectivity index (χ0) is 18.0. The molecule has 3 atom stereocenters. The fourth-order valence-electron chi connectivity index (χ4n) is 4.63. The highest BCUT2D eigenvalue weighted by atomic mass is 35.5. The number of fused-ring (bicyclic) bond motifs is 2. The number of nitrogens with zero attached hydrogens (tertiary/aromatic N) is 1. The van der Waals surface area contributed by atoms with Crippen molar-refractivity contribution in [3.63, 3.8) is 0 Å². The SMILES string of the molecule is CN(C)C(CNC(=O)C1CC2CCCC(C1)C2N)c1ccc(F)cc1.Cl.Cl. The largest absolute Gasteiger partial charge is 0.354 e. The van der Waals surface area contributed by atoms with Crippen LogP contribution in [-0.2, 0) is 4.79 Å². The number of hydrogen-bond donors (Lipinski definition) is 2. The van der Waals surface area contributed by atoms with Crippen molar-refractivity contribution in [3.05, 3.63) is 35.6 Å². The summed E-state index contributed by atoms with van der Waals surface area (Å²) in [5.74, 6) is 1.01. The van der Waals surface area contributed by atoms with E-state index in [2.05, 4.69) is 10.2 Å². The van der Waals surface area contributed by atoms with Crippen LogP contribution in [0.4, 0.5) is 4.39 Å². The molecule has 0 saturated heterocycles. The Kier molecular flexibility index (Phi) is 9.49. The van der Waals surface area contributed by atoms with Crippen LogP contribution in [0, 0.1) is 23.6 Å². The van der Waals surface area contributed by atoms with Crippen molar-refractivity contribution in [2.45, 2.75) is 44.2 Å². The van der Waals surface area contributed by atoms with E-state index in [1.807, 2.05) is 14.1 Å². The number of halogens is 3. The minimum absolute atomic E-state index is 0. The third-order valence-electron chi connectivity index (χ3n) is 6.13. The van der Waals surface area contributed by atoms with Gasteiger partial charge in [-0.3, -0.25) is 4.79 Å². The number of amides is 1. The van der Waals surface area contributed by atoms with Crippen molar-refractivity contribution in [2.75, 3.05) is 20.6 Å². The number of carbonyl (C=O) groups excluding carboxylic acids is 1. The van der Waals surface area contributed by atoms with E-state index in [1.165, 1.54) is 18.6 Å². The average molecular weight is 420 g/mol. The summed E-state index contributed by atoms with van der Waals surface area (Å²) in [6.45, 7) is 0.537. The number of rotatable bonds is 5. The van der Waals surface area contributed by atoms with E-state index in [0.717, 1.165) is 31.2 Å². The predicted octanol–water partition coefficient (Wildman–Crippen LogP) is 3.54. The van der Waals surface area contributed by atoms with Crippen LogP contribution in [0.2, 0.25) is 0 Å². The third kappa shape index (κ3) is 5.80. The lowest BCUT2D eigenvalue weighted by atomic mass is 9.65. The molecule has 1 aromatic carbocycles. The van der Waals surface area contributed by atoms with Gasteiger partial charge in [0.1, 0.15) is 5.82 Å². The van der Waals surface area contributed by atoms with Gasteiger partial charge in [-0.15, -0.1) is 24.8 Å². The molecular formula is C20H32Cl2FN3O. The Hall–Kier alpha value is -0.880. The molecular weight excluding hydrogens is 388 g/mol. The number of benzene rings is 1. The summed E-state index contributed by atoms with van der Waals surface area (Å²) in [6.07, 6.45) is 5.43. The highest BCUT2D eigenvalue weighted by molar-refractivity contribution is 5.85. The van der Waals surface area contributed by atoms with Crippen molar-refractivity contribution < 1.29 is 9.18 Å². The minimum atomic E-state index is -0.240. The Bertz CT molecular complexity index is 585. The minimum Gasteiger partial charge on any atom is -0.354 e. The summed E-state index contributed by atoms with van der Waals surface area (Å²) in [7, 11) is 3.95. The first-order chi connectivity index (χ1) is 12.0. The first kappa shape index (κ1) is 24.2. The molecule has 27 heavy (non-hydrogen) atoms. The van der Waals surface area contributed by atoms with Gasteiger partial charge in [-0.25, -0.2) is 4.39 Å². The molecule has 3 N–H and O–H groups in total. The first-order valence-electron chi connectivity index (χ1n) is 9.41. The summed E-state index contributed by atoms with van der Waals surface area (Å²) < 4.78 is 13.2. The van der Waals surface area contributed by atoms with Crippen LogP contribution >= 0.6 is 24.8 Å². The number of carbonyl (C=O) groups is 1. The molecule has 2 aliphatic rings. The highest BCUT2D eigenvalue weighted by Gasteiger charge is 2.40. The number of hydrogen-bond acceptors (Lipinski definition) is 3. The summed E-state index contributed by atoms with van der Waals surface area (Å²) in [5.41, 5.74) is 7.34. The second-order valence-electron chi connectivity index (χ2n) is 7.97. The van der Waals surface area contributed by atoms with Gasteiger partial charge in [0.2, 0.25) is 5.91 Å². The number of nitrogens with one attached hydrogen (secondary N) is 1. The second kappa shape index (κ2) is 10.6. The maximum absolute atomic E-state index is 13.2. The van der Waals surface area contributed by atoms with Crippen LogP contribution in [0.25, 0.3) is 0 Å². The van der Waals surface area contributed by atoms with Crippen molar-refractivity contribution in [1.82, 2.24) is 10.2 Å². The molecule has 0 aromatic heterocycles. The van der Waals surface area contributed by atoms with E-state index in [0.29, 0.717) is 18.4 Å². The van der Waals surface area contributed by atoms with Gasteiger partial charge in [0.15, 0.2) is 0 Å². The molecule has 2 bridgehead atoms. The van der Waals surface area contributed by atoms with Crippen LogP contribution in [-0.4, -0.2) is 37.5 Å². The average Bonchev–Trinajstić information content (AvgIpc) is 2.56. The van der Waals surface area contributed by atoms with E-state index in [1.54, 1.807) is 12.1 Å². The zero-order valence-corrected chi connectivity index (χ0v) is 17.7. The van der Waals surface area contributed by atoms with Gasteiger partial charge in [0, 0.05) is 18.5 Å². The Morgan fingerprint density at radius 3 is 2.26 bits per heavy atom. The molecule has 154 valence electrons.